The van der Waals surface area contributed by atoms with Gasteiger partial charge in [0.2, 0.25) is 0 Å². The van der Waals surface area contributed by atoms with Crippen molar-refractivity contribution < 1.29 is 4.79 Å². The third kappa shape index (κ3) is 3.33. The van der Waals surface area contributed by atoms with Crippen LogP contribution >= 0.6 is 0 Å². The SMILES string of the molecule is CCC(=O)C1CCC(C2CCC(C)CC2)CC1. The summed E-state index contributed by atoms with van der Waals surface area (Å²) in [5, 5.41) is 0. The van der Waals surface area contributed by atoms with Gasteiger partial charge in [-0.25, -0.2) is 0 Å². The molecule has 98 valence electrons. The fourth-order valence-corrected chi connectivity index (χ4v) is 3.96. The second-order valence-corrected chi connectivity index (χ2v) is 6.45. The first-order valence-electron chi connectivity index (χ1n) is 7.73. The molecule has 0 amide bonds. The molecule has 1 heteroatoms. The van der Waals surface area contributed by atoms with Gasteiger partial charge in [0, 0.05) is 12.3 Å². The first kappa shape index (κ1) is 13.1. The van der Waals surface area contributed by atoms with Crippen LogP contribution in [0.25, 0.3) is 0 Å². The van der Waals surface area contributed by atoms with Gasteiger partial charge in [0.15, 0.2) is 0 Å². The highest BCUT2D eigenvalue weighted by Gasteiger charge is 2.31. The predicted molar refractivity (Wildman–Crippen MR) is 71.9 cm³/mol. The van der Waals surface area contributed by atoms with Gasteiger partial charge in [0.05, 0.1) is 0 Å². The third-order valence-electron chi connectivity index (χ3n) is 5.30. The van der Waals surface area contributed by atoms with E-state index in [0.29, 0.717) is 11.7 Å². The molecule has 2 fully saturated rings. The summed E-state index contributed by atoms with van der Waals surface area (Å²) >= 11 is 0. The highest BCUT2D eigenvalue weighted by atomic mass is 16.1. The summed E-state index contributed by atoms with van der Waals surface area (Å²) in [5.74, 6) is 3.83. The fourth-order valence-electron chi connectivity index (χ4n) is 3.96. The highest BCUT2D eigenvalue weighted by Crippen LogP contribution is 2.41. The molecular weight excluding hydrogens is 208 g/mol. The lowest BCUT2D eigenvalue weighted by atomic mass is 9.69. The predicted octanol–water partition coefficient (Wildman–Crippen LogP) is 4.60. The molecule has 0 aliphatic heterocycles. The van der Waals surface area contributed by atoms with Crippen LogP contribution in [0.3, 0.4) is 0 Å². The van der Waals surface area contributed by atoms with Gasteiger partial charge < -0.3 is 0 Å². The molecule has 0 radical (unpaired) electrons. The van der Waals surface area contributed by atoms with Crippen molar-refractivity contribution in [2.45, 2.75) is 71.6 Å². The van der Waals surface area contributed by atoms with Crippen LogP contribution in [0.15, 0.2) is 0 Å². The minimum Gasteiger partial charge on any atom is -0.299 e. The number of hydrogen-bond acceptors (Lipinski definition) is 1. The molecule has 2 aliphatic rings. The molecule has 2 saturated carbocycles. The van der Waals surface area contributed by atoms with Crippen LogP contribution in [0, 0.1) is 23.7 Å². The molecule has 0 spiro atoms. The van der Waals surface area contributed by atoms with Crippen molar-refractivity contribution in [1.82, 2.24) is 0 Å². The van der Waals surface area contributed by atoms with Crippen molar-refractivity contribution in [2.24, 2.45) is 23.7 Å². The molecule has 1 nitrogen and oxygen atoms in total. The Hall–Kier alpha value is -0.330. The van der Waals surface area contributed by atoms with E-state index in [4.69, 9.17) is 0 Å². The minimum absolute atomic E-state index is 0.416. The van der Waals surface area contributed by atoms with Gasteiger partial charge in [-0.2, -0.15) is 0 Å². The molecule has 2 rings (SSSR count). The average molecular weight is 236 g/mol. The molecule has 0 heterocycles. The first-order chi connectivity index (χ1) is 8.20. The van der Waals surface area contributed by atoms with Crippen LogP contribution in [-0.2, 0) is 4.79 Å². The first-order valence-corrected chi connectivity index (χ1v) is 7.73. The van der Waals surface area contributed by atoms with Crippen molar-refractivity contribution in [3.8, 4) is 0 Å². The molecule has 0 aromatic heterocycles. The number of hydrogen-bond donors (Lipinski definition) is 0. The Balaban J connectivity index is 1.77. The van der Waals surface area contributed by atoms with Gasteiger partial charge in [-0.1, -0.05) is 26.7 Å². The van der Waals surface area contributed by atoms with E-state index in [0.717, 1.165) is 24.2 Å². The number of carbonyl (C=O) groups excluding carboxylic acids is 1. The zero-order chi connectivity index (χ0) is 12.3. The highest BCUT2D eigenvalue weighted by molar-refractivity contribution is 5.80. The molecule has 0 unspecified atom stereocenters. The quantitative estimate of drug-likeness (QED) is 0.700. The van der Waals surface area contributed by atoms with E-state index >= 15 is 0 Å². The second kappa shape index (κ2) is 6.02. The molecule has 0 N–H and O–H groups in total. The smallest absolute Gasteiger partial charge is 0.135 e. The van der Waals surface area contributed by atoms with Gasteiger partial charge in [-0.15, -0.1) is 0 Å². The molecule has 0 bridgehead atoms. The maximum Gasteiger partial charge on any atom is 0.135 e. The number of ketones is 1. The Labute approximate surface area is 106 Å². The average Bonchev–Trinajstić information content (AvgIpc) is 2.39. The summed E-state index contributed by atoms with van der Waals surface area (Å²) in [6.07, 6.45) is 11.6. The third-order valence-corrected chi connectivity index (χ3v) is 5.30. The van der Waals surface area contributed by atoms with Crippen molar-refractivity contribution in [3.63, 3.8) is 0 Å². The lowest BCUT2D eigenvalue weighted by Crippen LogP contribution is -2.27. The standard InChI is InChI=1S/C16H28O/c1-3-16(17)15-10-8-14(9-11-15)13-6-4-12(2)5-7-13/h12-15H,3-11H2,1-2H3. The van der Waals surface area contributed by atoms with E-state index in [1.54, 1.807) is 0 Å². The van der Waals surface area contributed by atoms with Crippen molar-refractivity contribution in [3.05, 3.63) is 0 Å². The van der Waals surface area contributed by atoms with Crippen LogP contribution in [0.1, 0.15) is 71.6 Å². The molecule has 0 aromatic carbocycles. The van der Waals surface area contributed by atoms with Gasteiger partial charge in [-0.3, -0.25) is 4.79 Å². The number of carbonyl (C=O) groups is 1. The minimum atomic E-state index is 0.416. The summed E-state index contributed by atoms with van der Waals surface area (Å²) in [7, 11) is 0. The maximum absolute atomic E-state index is 11.7. The maximum atomic E-state index is 11.7. The lowest BCUT2D eigenvalue weighted by molar-refractivity contribution is -0.123. The van der Waals surface area contributed by atoms with Gasteiger partial charge in [0.25, 0.3) is 0 Å². The van der Waals surface area contributed by atoms with Gasteiger partial charge in [0.1, 0.15) is 5.78 Å². The largest absolute Gasteiger partial charge is 0.299 e. The van der Waals surface area contributed by atoms with Crippen molar-refractivity contribution in [2.75, 3.05) is 0 Å². The van der Waals surface area contributed by atoms with E-state index in [1.807, 2.05) is 6.92 Å². The van der Waals surface area contributed by atoms with Crippen LogP contribution in [0.4, 0.5) is 0 Å². The molecular formula is C16H28O. The van der Waals surface area contributed by atoms with Crippen LogP contribution in [0.2, 0.25) is 0 Å². The monoisotopic (exact) mass is 236 g/mol. The number of Topliss-reactive ketones (excluding diaryl/α,β-unsaturated/α-hetero) is 1. The Kier molecular flexibility index (Phi) is 4.64. The zero-order valence-electron chi connectivity index (χ0n) is 11.6. The fraction of sp³-hybridized carbons (Fsp3) is 0.938. The Bertz CT molecular complexity index is 242. The molecule has 0 saturated heterocycles. The molecule has 17 heavy (non-hydrogen) atoms. The van der Waals surface area contributed by atoms with E-state index < -0.39 is 0 Å². The van der Waals surface area contributed by atoms with Crippen molar-refractivity contribution >= 4 is 5.78 Å². The van der Waals surface area contributed by atoms with E-state index in [9.17, 15) is 4.79 Å². The summed E-state index contributed by atoms with van der Waals surface area (Å²) in [6, 6.07) is 0. The van der Waals surface area contributed by atoms with Crippen LogP contribution in [-0.4, -0.2) is 5.78 Å². The summed E-state index contributed by atoms with van der Waals surface area (Å²) in [4.78, 5) is 11.7. The van der Waals surface area contributed by atoms with Crippen LogP contribution in [0.5, 0.6) is 0 Å². The summed E-state index contributed by atoms with van der Waals surface area (Å²) in [5.41, 5.74) is 0. The topological polar surface area (TPSA) is 17.1 Å². The van der Waals surface area contributed by atoms with Crippen LogP contribution < -0.4 is 0 Å². The van der Waals surface area contributed by atoms with E-state index in [2.05, 4.69) is 6.92 Å². The molecule has 0 atom stereocenters. The summed E-state index contributed by atoms with van der Waals surface area (Å²) in [6.45, 7) is 4.41. The Morgan fingerprint density at radius 3 is 1.82 bits per heavy atom. The Morgan fingerprint density at radius 2 is 1.35 bits per heavy atom. The molecule has 2 aliphatic carbocycles. The normalized spacial score (nSPS) is 38.9. The molecule has 0 aromatic rings. The van der Waals surface area contributed by atoms with Crippen molar-refractivity contribution in [1.29, 1.82) is 0 Å². The van der Waals surface area contributed by atoms with E-state index in [-0.39, 0.29) is 0 Å². The van der Waals surface area contributed by atoms with E-state index in [1.165, 1.54) is 51.4 Å². The number of rotatable bonds is 3. The zero-order valence-corrected chi connectivity index (χ0v) is 11.6. The lowest BCUT2D eigenvalue weighted by Gasteiger charge is -2.36. The van der Waals surface area contributed by atoms with Gasteiger partial charge >= 0.3 is 0 Å². The summed E-state index contributed by atoms with van der Waals surface area (Å²) < 4.78 is 0. The Morgan fingerprint density at radius 1 is 0.882 bits per heavy atom. The second-order valence-electron chi connectivity index (χ2n) is 6.45. The van der Waals surface area contributed by atoms with Gasteiger partial charge in [-0.05, 0) is 56.3 Å².